The zero-order valence-electron chi connectivity index (χ0n) is 12.7. The van der Waals surface area contributed by atoms with Gasteiger partial charge in [0.25, 0.3) is 0 Å². The molecule has 0 amide bonds. The highest BCUT2D eigenvalue weighted by Gasteiger charge is 2.30. The van der Waals surface area contributed by atoms with Crippen LogP contribution < -0.4 is 5.32 Å². The van der Waals surface area contributed by atoms with Crippen molar-refractivity contribution < 1.29 is 0 Å². The molecule has 0 radical (unpaired) electrons. The van der Waals surface area contributed by atoms with Crippen LogP contribution in [0, 0.1) is 6.92 Å². The van der Waals surface area contributed by atoms with Crippen molar-refractivity contribution in [2.24, 2.45) is 0 Å². The molecule has 0 spiro atoms. The molecule has 1 aliphatic heterocycles. The second kappa shape index (κ2) is 6.35. The Hall–Kier alpha value is -0.420. The van der Waals surface area contributed by atoms with Crippen LogP contribution in [0.2, 0.25) is 0 Å². The summed E-state index contributed by atoms with van der Waals surface area (Å²) in [6.07, 6.45) is 0. The molecule has 1 N–H and O–H groups in total. The second-order valence-corrected chi connectivity index (χ2v) is 7.21. The van der Waals surface area contributed by atoms with E-state index < -0.39 is 0 Å². The topological polar surface area (TPSA) is 18.5 Å². The summed E-state index contributed by atoms with van der Waals surface area (Å²) in [4.78, 5) is 6.51. The zero-order chi connectivity index (χ0) is 13.9. The highest BCUT2D eigenvalue weighted by molar-refractivity contribution is 7.10. The molecular formula is C15H27N3S. The fraction of sp³-hybridized carbons (Fsp3) is 0.733. The van der Waals surface area contributed by atoms with Crippen molar-refractivity contribution >= 4 is 11.3 Å². The van der Waals surface area contributed by atoms with Crippen molar-refractivity contribution in [2.45, 2.75) is 32.9 Å². The summed E-state index contributed by atoms with van der Waals surface area (Å²) >= 11 is 1.85. The Bertz CT molecular complexity index is 400. The summed E-state index contributed by atoms with van der Waals surface area (Å²) in [5.41, 5.74) is 1.72. The van der Waals surface area contributed by atoms with Crippen molar-refractivity contribution in [1.82, 2.24) is 15.1 Å². The van der Waals surface area contributed by atoms with E-state index >= 15 is 0 Å². The molecule has 0 bridgehead atoms. The Labute approximate surface area is 121 Å². The van der Waals surface area contributed by atoms with Crippen molar-refractivity contribution in [3.8, 4) is 0 Å². The van der Waals surface area contributed by atoms with Crippen LogP contribution in [-0.4, -0.2) is 55.1 Å². The van der Waals surface area contributed by atoms with E-state index in [1.54, 1.807) is 0 Å². The molecule has 108 valence electrons. The van der Waals surface area contributed by atoms with Gasteiger partial charge in [0.2, 0.25) is 0 Å². The van der Waals surface area contributed by atoms with E-state index in [0.29, 0.717) is 5.54 Å². The molecule has 1 aromatic rings. The summed E-state index contributed by atoms with van der Waals surface area (Å²) in [5.74, 6) is 0. The normalized spacial score (nSPS) is 20.8. The predicted molar refractivity (Wildman–Crippen MR) is 83.9 cm³/mol. The lowest BCUT2D eigenvalue weighted by Gasteiger charge is -2.45. The number of likely N-dealkylation sites (N-methyl/N-ethyl adjacent to an activating group) is 1. The van der Waals surface area contributed by atoms with Crippen LogP contribution in [0.25, 0.3) is 0 Å². The summed E-state index contributed by atoms with van der Waals surface area (Å²) in [7, 11) is 2.23. The summed E-state index contributed by atoms with van der Waals surface area (Å²) in [5, 5.41) is 5.75. The summed E-state index contributed by atoms with van der Waals surface area (Å²) in [6.45, 7) is 13.7. The molecule has 1 aromatic heterocycles. The van der Waals surface area contributed by atoms with E-state index in [2.05, 4.69) is 54.4 Å². The lowest BCUT2D eigenvalue weighted by molar-refractivity contribution is 0.0407. The quantitative estimate of drug-likeness (QED) is 0.835. The molecule has 1 aliphatic rings. The molecule has 4 heteroatoms. The summed E-state index contributed by atoms with van der Waals surface area (Å²) in [6, 6.07) is 2.20. The molecule has 19 heavy (non-hydrogen) atoms. The molecule has 2 rings (SSSR count). The molecule has 0 saturated carbocycles. The molecule has 0 aliphatic carbocycles. The SMILES string of the molecule is Cc1ccsc1CNCCN1CCN(C)C(C)(C)C1. The van der Waals surface area contributed by atoms with Gasteiger partial charge in [-0.1, -0.05) is 0 Å². The first kappa shape index (κ1) is 15.0. The van der Waals surface area contributed by atoms with Gasteiger partial charge in [-0.05, 0) is 44.8 Å². The fourth-order valence-electron chi connectivity index (χ4n) is 2.56. The standard InChI is InChI=1S/C15H27N3S/c1-13-5-10-19-14(13)11-16-6-7-18-9-8-17(4)15(2,3)12-18/h5,10,16H,6-9,11-12H2,1-4H3. The van der Waals surface area contributed by atoms with E-state index in [1.165, 1.54) is 30.1 Å². The Kier molecular flexibility index (Phi) is 5.01. The number of rotatable bonds is 5. The van der Waals surface area contributed by atoms with Crippen LogP contribution in [0.15, 0.2) is 11.4 Å². The Morgan fingerprint density at radius 1 is 1.37 bits per heavy atom. The van der Waals surface area contributed by atoms with Gasteiger partial charge in [0.15, 0.2) is 0 Å². The monoisotopic (exact) mass is 281 g/mol. The maximum absolute atomic E-state index is 3.57. The van der Waals surface area contributed by atoms with E-state index in [9.17, 15) is 0 Å². The van der Waals surface area contributed by atoms with Crippen LogP contribution in [0.5, 0.6) is 0 Å². The minimum atomic E-state index is 0.308. The van der Waals surface area contributed by atoms with Gasteiger partial charge in [-0.25, -0.2) is 0 Å². The minimum Gasteiger partial charge on any atom is -0.311 e. The van der Waals surface area contributed by atoms with E-state index in [4.69, 9.17) is 0 Å². The first-order valence-corrected chi connectivity index (χ1v) is 8.04. The van der Waals surface area contributed by atoms with E-state index in [1.807, 2.05) is 11.3 Å². The molecule has 0 atom stereocenters. The van der Waals surface area contributed by atoms with Crippen molar-refractivity contribution in [3.05, 3.63) is 21.9 Å². The molecule has 0 unspecified atom stereocenters. The van der Waals surface area contributed by atoms with Gasteiger partial charge in [-0.15, -0.1) is 11.3 Å². The third-order valence-electron chi connectivity index (χ3n) is 4.25. The fourth-order valence-corrected chi connectivity index (χ4v) is 3.43. The third-order valence-corrected chi connectivity index (χ3v) is 5.28. The lowest BCUT2D eigenvalue weighted by Crippen LogP contribution is -2.58. The maximum Gasteiger partial charge on any atom is 0.0302 e. The Balaban J connectivity index is 1.68. The zero-order valence-corrected chi connectivity index (χ0v) is 13.5. The number of thiophene rings is 1. The average Bonchev–Trinajstić information content (AvgIpc) is 2.75. The maximum atomic E-state index is 3.57. The third kappa shape index (κ3) is 4.02. The van der Waals surface area contributed by atoms with Gasteiger partial charge in [-0.3, -0.25) is 9.80 Å². The first-order chi connectivity index (χ1) is 8.99. The number of aryl methyl sites for hydroxylation is 1. The van der Waals surface area contributed by atoms with Crippen molar-refractivity contribution in [1.29, 1.82) is 0 Å². The van der Waals surface area contributed by atoms with E-state index in [0.717, 1.165) is 19.6 Å². The van der Waals surface area contributed by atoms with Crippen LogP contribution in [0.1, 0.15) is 24.3 Å². The van der Waals surface area contributed by atoms with Crippen LogP contribution >= 0.6 is 11.3 Å². The molecule has 1 saturated heterocycles. The molecule has 1 fully saturated rings. The molecular weight excluding hydrogens is 254 g/mol. The smallest absolute Gasteiger partial charge is 0.0302 e. The van der Waals surface area contributed by atoms with Crippen LogP contribution in [0.3, 0.4) is 0 Å². The predicted octanol–water partition coefficient (Wildman–Crippen LogP) is 2.17. The Morgan fingerprint density at radius 2 is 2.16 bits per heavy atom. The van der Waals surface area contributed by atoms with Gasteiger partial charge in [-0.2, -0.15) is 0 Å². The minimum absolute atomic E-state index is 0.308. The number of hydrogen-bond acceptors (Lipinski definition) is 4. The average molecular weight is 281 g/mol. The number of nitrogens with zero attached hydrogens (tertiary/aromatic N) is 2. The van der Waals surface area contributed by atoms with Gasteiger partial charge in [0.1, 0.15) is 0 Å². The van der Waals surface area contributed by atoms with Crippen LogP contribution in [-0.2, 0) is 6.54 Å². The van der Waals surface area contributed by atoms with E-state index in [-0.39, 0.29) is 0 Å². The highest BCUT2D eigenvalue weighted by atomic mass is 32.1. The Morgan fingerprint density at radius 3 is 2.79 bits per heavy atom. The number of hydrogen-bond donors (Lipinski definition) is 1. The second-order valence-electron chi connectivity index (χ2n) is 6.21. The number of piperazine rings is 1. The van der Waals surface area contributed by atoms with Crippen LogP contribution in [0.4, 0.5) is 0 Å². The highest BCUT2D eigenvalue weighted by Crippen LogP contribution is 2.18. The van der Waals surface area contributed by atoms with Gasteiger partial charge < -0.3 is 5.32 Å². The molecule has 0 aromatic carbocycles. The van der Waals surface area contributed by atoms with Gasteiger partial charge in [0, 0.05) is 49.7 Å². The van der Waals surface area contributed by atoms with Gasteiger partial charge in [0.05, 0.1) is 0 Å². The largest absolute Gasteiger partial charge is 0.311 e. The molecule has 3 nitrogen and oxygen atoms in total. The number of nitrogens with one attached hydrogen (secondary N) is 1. The first-order valence-electron chi connectivity index (χ1n) is 7.16. The molecule has 2 heterocycles. The lowest BCUT2D eigenvalue weighted by atomic mass is 10.00. The van der Waals surface area contributed by atoms with Crippen molar-refractivity contribution in [2.75, 3.05) is 39.8 Å². The van der Waals surface area contributed by atoms with Crippen molar-refractivity contribution in [3.63, 3.8) is 0 Å². The summed E-state index contributed by atoms with van der Waals surface area (Å²) < 4.78 is 0. The van der Waals surface area contributed by atoms with Gasteiger partial charge >= 0.3 is 0 Å².